The number of ether oxygens (including phenoxy) is 3. The first-order valence-electron chi connectivity index (χ1n) is 5.33. The van der Waals surface area contributed by atoms with Crippen molar-refractivity contribution in [3.05, 3.63) is 22.7 Å². The quantitative estimate of drug-likeness (QED) is 0.765. The van der Waals surface area contributed by atoms with E-state index >= 15 is 0 Å². The summed E-state index contributed by atoms with van der Waals surface area (Å²) in [5.41, 5.74) is 0. The van der Waals surface area contributed by atoms with E-state index < -0.39 is 0 Å². The van der Waals surface area contributed by atoms with Crippen molar-refractivity contribution in [3.8, 4) is 11.5 Å². The van der Waals surface area contributed by atoms with E-state index in [2.05, 4.69) is 31.9 Å². The van der Waals surface area contributed by atoms with Crippen molar-refractivity contribution in [1.82, 2.24) is 0 Å². The van der Waals surface area contributed by atoms with E-state index in [1.54, 1.807) is 14.2 Å². The summed E-state index contributed by atoms with van der Waals surface area (Å²) in [5.74, 6) is 1.47. The maximum atomic E-state index is 5.95. The second kappa shape index (κ2) is 5.59. The molecule has 2 rings (SSSR count). The van der Waals surface area contributed by atoms with Crippen LogP contribution in [0.25, 0.3) is 0 Å². The Morgan fingerprint density at radius 1 is 1.29 bits per heavy atom. The predicted octanol–water partition coefficient (Wildman–Crippen LogP) is 3.39. The average Bonchev–Trinajstić information content (AvgIpc) is 2.30. The van der Waals surface area contributed by atoms with Gasteiger partial charge in [0.2, 0.25) is 0 Å². The molecule has 0 aliphatic heterocycles. The molecule has 5 heteroatoms. The molecule has 0 radical (unpaired) electrons. The Morgan fingerprint density at radius 2 is 2.06 bits per heavy atom. The Balaban J connectivity index is 2.14. The molecule has 0 spiro atoms. The Morgan fingerprint density at radius 3 is 2.65 bits per heavy atom. The molecule has 1 fully saturated rings. The third-order valence-corrected chi connectivity index (χ3v) is 4.39. The molecular weight excluding hydrogens is 352 g/mol. The molecule has 0 heterocycles. The van der Waals surface area contributed by atoms with Gasteiger partial charge in [0, 0.05) is 18.4 Å². The molecule has 94 valence electrons. The standard InChI is InChI=1S/C12H14Br2O3/c1-15-9-5-3-4-7(13)12(9)17-10-6-8(14)11(10)16-2/h3-5,8,10-11H,6H2,1-2H3. The SMILES string of the molecule is COc1cccc(Br)c1OC1CC(Br)C1OC. The zero-order valence-corrected chi connectivity index (χ0v) is 12.8. The molecule has 0 amide bonds. The zero-order chi connectivity index (χ0) is 12.4. The van der Waals surface area contributed by atoms with Gasteiger partial charge in [-0.05, 0) is 28.1 Å². The monoisotopic (exact) mass is 364 g/mol. The summed E-state index contributed by atoms with van der Waals surface area (Å²) >= 11 is 7.02. The Kier molecular flexibility index (Phi) is 4.33. The molecule has 1 aliphatic carbocycles. The lowest BCUT2D eigenvalue weighted by molar-refractivity contribution is -0.0555. The highest BCUT2D eigenvalue weighted by Gasteiger charge is 2.42. The van der Waals surface area contributed by atoms with Crippen molar-refractivity contribution >= 4 is 31.9 Å². The topological polar surface area (TPSA) is 27.7 Å². The minimum atomic E-state index is 0.0666. The molecule has 1 aliphatic rings. The van der Waals surface area contributed by atoms with E-state index in [1.807, 2.05) is 18.2 Å². The van der Waals surface area contributed by atoms with Crippen molar-refractivity contribution in [1.29, 1.82) is 0 Å². The molecule has 0 bridgehead atoms. The second-order valence-electron chi connectivity index (χ2n) is 3.88. The minimum Gasteiger partial charge on any atom is -0.493 e. The van der Waals surface area contributed by atoms with E-state index in [4.69, 9.17) is 14.2 Å². The van der Waals surface area contributed by atoms with Gasteiger partial charge < -0.3 is 14.2 Å². The van der Waals surface area contributed by atoms with Gasteiger partial charge in [0.25, 0.3) is 0 Å². The fourth-order valence-corrected chi connectivity index (χ4v) is 3.22. The van der Waals surface area contributed by atoms with E-state index in [0.29, 0.717) is 4.83 Å². The number of methoxy groups -OCH3 is 2. The predicted molar refractivity (Wildman–Crippen MR) is 73.2 cm³/mol. The lowest BCUT2D eigenvalue weighted by Crippen LogP contribution is -2.51. The van der Waals surface area contributed by atoms with Crippen LogP contribution < -0.4 is 9.47 Å². The summed E-state index contributed by atoms with van der Waals surface area (Å²) < 4.78 is 17.5. The van der Waals surface area contributed by atoms with Gasteiger partial charge in [-0.2, -0.15) is 0 Å². The highest BCUT2D eigenvalue weighted by Crippen LogP contribution is 2.40. The summed E-state index contributed by atoms with van der Waals surface area (Å²) in [4.78, 5) is 0.367. The Hall–Kier alpha value is -0.260. The zero-order valence-electron chi connectivity index (χ0n) is 9.65. The first kappa shape index (κ1) is 13.2. The molecule has 3 atom stereocenters. The second-order valence-corrected chi connectivity index (χ2v) is 5.91. The van der Waals surface area contributed by atoms with Gasteiger partial charge in [-0.25, -0.2) is 0 Å². The summed E-state index contributed by atoms with van der Waals surface area (Å²) in [5, 5.41) is 0. The van der Waals surface area contributed by atoms with Crippen LogP contribution in [0.5, 0.6) is 11.5 Å². The molecule has 1 aromatic rings. The van der Waals surface area contributed by atoms with Crippen LogP contribution in [0.15, 0.2) is 22.7 Å². The molecule has 1 aromatic carbocycles. The van der Waals surface area contributed by atoms with Gasteiger partial charge in [0.05, 0.1) is 11.6 Å². The first-order valence-corrected chi connectivity index (χ1v) is 7.04. The van der Waals surface area contributed by atoms with Gasteiger partial charge in [-0.3, -0.25) is 0 Å². The van der Waals surface area contributed by atoms with Gasteiger partial charge in [0.15, 0.2) is 11.5 Å². The number of hydrogen-bond donors (Lipinski definition) is 0. The number of benzene rings is 1. The normalized spacial score (nSPS) is 27.4. The van der Waals surface area contributed by atoms with Crippen molar-refractivity contribution in [2.75, 3.05) is 14.2 Å². The molecular formula is C12H14Br2O3. The van der Waals surface area contributed by atoms with Crippen molar-refractivity contribution < 1.29 is 14.2 Å². The number of alkyl halides is 1. The van der Waals surface area contributed by atoms with Crippen molar-refractivity contribution in [2.24, 2.45) is 0 Å². The van der Waals surface area contributed by atoms with Gasteiger partial charge in [0.1, 0.15) is 12.2 Å². The lowest BCUT2D eigenvalue weighted by atomic mass is 9.91. The van der Waals surface area contributed by atoms with Crippen LogP contribution in [0.2, 0.25) is 0 Å². The minimum absolute atomic E-state index is 0.0666. The van der Waals surface area contributed by atoms with Crippen molar-refractivity contribution in [2.45, 2.75) is 23.5 Å². The smallest absolute Gasteiger partial charge is 0.175 e. The van der Waals surface area contributed by atoms with Crippen LogP contribution in [0.3, 0.4) is 0 Å². The number of para-hydroxylation sites is 1. The number of rotatable bonds is 4. The van der Waals surface area contributed by atoms with E-state index in [-0.39, 0.29) is 12.2 Å². The Bertz CT molecular complexity index is 397. The van der Waals surface area contributed by atoms with Gasteiger partial charge >= 0.3 is 0 Å². The largest absolute Gasteiger partial charge is 0.493 e. The lowest BCUT2D eigenvalue weighted by Gasteiger charge is -2.40. The molecule has 0 N–H and O–H groups in total. The Labute approximate surface area is 118 Å². The third-order valence-electron chi connectivity index (χ3n) is 2.87. The van der Waals surface area contributed by atoms with Gasteiger partial charge in [-0.15, -0.1) is 0 Å². The van der Waals surface area contributed by atoms with E-state index in [1.165, 1.54) is 0 Å². The summed E-state index contributed by atoms with van der Waals surface area (Å²) in [6, 6.07) is 5.73. The molecule has 0 aromatic heterocycles. The van der Waals surface area contributed by atoms with Gasteiger partial charge in [-0.1, -0.05) is 22.0 Å². The van der Waals surface area contributed by atoms with Crippen LogP contribution in [-0.2, 0) is 4.74 Å². The fourth-order valence-electron chi connectivity index (χ4n) is 1.86. The van der Waals surface area contributed by atoms with Crippen LogP contribution >= 0.6 is 31.9 Å². The van der Waals surface area contributed by atoms with E-state index in [9.17, 15) is 0 Å². The maximum Gasteiger partial charge on any atom is 0.175 e. The molecule has 0 saturated heterocycles. The molecule has 3 unspecified atom stereocenters. The first-order chi connectivity index (χ1) is 8.17. The summed E-state index contributed by atoms with van der Waals surface area (Å²) in [6.45, 7) is 0. The molecule has 17 heavy (non-hydrogen) atoms. The molecule has 1 saturated carbocycles. The number of halogens is 2. The fraction of sp³-hybridized carbons (Fsp3) is 0.500. The summed E-state index contributed by atoms with van der Waals surface area (Å²) in [7, 11) is 3.34. The molecule has 3 nitrogen and oxygen atoms in total. The maximum absolute atomic E-state index is 5.95. The number of hydrogen-bond acceptors (Lipinski definition) is 3. The highest BCUT2D eigenvalue weighted by atomic mass is 79.9. The highest BCUT2D eigenvalue weighted by molar-refractivity contribution is 9.10. The summed E-state index contributed by atoms with van der Waals surface area (Å²) in [6.07, 6.45) is 1.09. The van der Waals surface area contributed by atoms with Crippen LogP contribution in [0.4, 0.5) is 0 Å². The van der Waals surface area contributed by atoms with Crippen LogP contribution in [-0.4, -0.2) is 31.3 Å². The van der Waals surface area contributed by atoms with E-state index in [0.717, 1.165) is 22.4 Å². The van der Waals surface area contributed by atoms with Crippen LogP contribution in [0.1, 0.15) is 6.42 Å². The third kappa shape index (κ3) is 2.61. The van der Waals surface area contributed by atoms with Crippen LogP contribution in [0, 0.1) is 0 Å². The average molecular weight is 366 g/mol. The van der Waals surface area contributed by atoms with Crippen molar-refractivity contribution in [3.63, 3.8) is 0 Å².